The summed E-state index contributed by atoms with van der Waals surface area (Å²) in [4.78, 5) is 11.9. The standard InChI is InChI=1S/C16H16FNO2/c1-11-9-13(7-8-14(11)17)16(20)18-10-15(19)12-5-3-2-4-6-12/h2-9,15,19H,10H2,1H3,(H,18,20). The summed E-state index contributed by atoms with van der Waals surface area (Å²) in [5.74, 6) is -0.672. The van der Waals surface area contributed by atoms with Crippen LogP contribution in [0.5, 0.6) is 0 Å². The Kier molecular flexibility index (Phi) is 4.48. The number of hydrogen-bond acceptors (Lipinski definition) is 2. The fourth-order valence-corrected chi connectivity index (χ4v) is 1.87. The van der Waals surface area contributed by atoms with E-state index in [0.717, 1.165) is 5.56 Å². The molecule has 0 bridgehead atoms. The third-order valence-corrected chi connectivity index (χ3v) is 3.06. The van der Waals surface area contributed by atoms with Crippen LogP contribution in [0.15, 0.2) is 48.5 Å². The highest BCUT2D eigenvalue weighted by Crippen LogP contribution is 2.12. The average Bonchev–Trinajstić information content (AvgIpc) is 2.48. The number of nitrogens with one attached hydrogen (secondary N) is 1. The fourth-order valence-electron chi connectivity index (χ4n) is 1.87. The van der Waals surface area contributed by atoms with Gasteiger partial charge in [-0.2, -0.15) is 0 Å². The maximum Gasteiger partial charge on any atom is 0.251 e. The van der Waals surface area contributed by atoms with Crippen molar-refractivity contribution in [2.75, 3.05) is 6.54 Å². The Morgan fingerprint density at radius 2 is 1.95 bits per heavy atom. The summed E-state index contributed by atoms with van der Waals surface area (Å²) in [5, 5.41) is 12.6. The number of carbonyl (C=O) groups is 1. The van der Waals surface area contributed by atoms with Gasteiger partial charge in [0, 0.05) is 12.1 Å². The maximum atomic E-state index is 13.1. The lowest BCUT2D eigenvalue weighted by Gasteiger charge is -2.12. The van der Waals surface area contributed by atoms with E-state index in [2.05, 4.69) is 5.32 Å². The molecule has 1 unspecified atom stereocenters. The predicted octanol–water partition coefficient (Wildman–Crippen LogP) is 2.60. The van der Waals surface area contributed by atoms with Crippen molar-refractivity contribution in [3.8, 4) is 0 Å². The van der Waals surface area contributed by atoms with Gasteiger partial charge in [0.25, 0.3) is 5.91 Å². The van der Waals surface area contributed by atoms with Gasteiger partial charge in [0.2, 0.25) is 0 Å². The van der Waals surface area contributed by atoms with Crippen molar-refractivity contribution in [3.05, 3.63) is 71.0 Å². The van der Waals surface area contributed by atoms with E-state index >= 15 is 0 Å². The summed E-state index contributed by atoms with van der Waals surface area (Å²) in [6.07, 6.45) is -0.762. The summed E-state index contributed by atoms with van der Waals surface area (Å²) in [7, 11) is 0. The normalized spacial score (nSPS) is 11.9. The number of aliphatic hydroxyl groups is 1. The molecular weight excluding hydrogens is 257 g/mol. The first-order valence-electron chi connectivity index (χ1n) is 6.35. The van der Waals surface area contributed by atoms with Gasteiger partial charge in [0.05, 0.1) is 6.10 Å². The molecule has 104 valence electrons. The SMILES string of the molecule is Cc1cc(C(=O)NCC(O)c2ccccc2)ccc1F. The van der Waals surface area contributed by atoms with Crippen LogP contribution >= 0.6 is 0 Å². The molecule has 20 heavy (non-hydrogen) atoms. The van der Waals surface area contributed by atoms with Gasteiger partial charge in [-0.15, -0.1) is 0 Å². The average molecular weight is 273 g/mol. The van der Waals surface area contributed by atoms with Crippen molar-refractivity contribution in [1.82, 2.24) is 5.32 Å². The molecule has 2 N–H and O–H groups in total. The molecule has 0 aliphatic heterocycles. The van der Waals surface area contributed by atoms with Crippen molar-refractivity contribution < 1.29 is 14.3 Å². The second kappa shape index (κ2) is 6.30. The Morgan fingerprint density at radius 1 is 1.25 bits per heavy atom. The molecule has 0 heterocycles. The molecule has 1 atom stereocenters. The number of aliphatic hydroxyl groups excluding tert-OH is 1. The van der Waals surface area contributed by atoms with E-state index in [1.54, 1.807) is 19.1 Å². The van der Waals surface area contributed by atoms with Crippen molar-refractivity contribution >= 4 is 5.91 Å². The smallest absolute Gasteiger partial charge is 0.251 e. The van der Waals surface area contributed by atoms with Crippen LogP contribution in [-0.2, 0) is 0 Å². The van der Waals surface area contributed by atoms with Crippen molar-refractivity contribution in [3.63, 3.8) is 0 Å². The number of carbonyl (C=O) groups excluding carboxylic acids is 1. The van der Waals surface area contributed by atoms with Gasteiger partial charge in [0.15, 0.2) is 0 Å². The largest absolute Gasteiger partial charge is 0.387 e. The lowest BCUT2D eigenvalue weighted by atomic mass is 10.1. The second-order valence-corrected chi connectivity index (χ2v) is 4.60. The molecule has 3 nitrogen and oxygen atoms in total. The van der Waals surface area contributed by atoms with Crippen LogP contribution in [0.4, 0.5) is 4.39 Å². The first kappa shape index (κ1) is 14.2. The zero-order valence-electron chi connectivity index (χ0n) is 11.1. The van der Waals surface area contributed by atoms with Gasteiger partial charge in [-0.25, -0.2) is 4.39 Å². The van der Waals surface area contributed by atoms with Gasteiger partial charge in [-0.3, -0.25) is 4.79 Å². The van der Waals surface area contributed by atoms with Crippen molar-refractivity contribution in [2.24, 2.45) is 0 Å². The van der Waals surface area contributed by atoms with Gasteiger partial charge in [0.1, 0.15) is 5.82 Å². The third kappa shape index (κ3) is 3.42. The summed E-state index contributed by atoms with van der Waals surface area (Å²) in [6.45, 7) is 1.71. The quantitative estimate of drug-likeness (QED) is 0.899. The molecule has 0 aliphatic rings. The van der Waals surface area contributed by atoms with E-state index in [4.69, 9.17) is 0 Å². The lowest BCUT2D eigenvalue weighted by Crippen LogP contribution is -2.28. The zero-order valence-corrected chi connectivity index (χ0v) is 11.1. The molecule has 4 heteroatoms. The number of halogens is 1. The topological polar surface area (TPSA) is 49.3 Å². The minimum Gasteiger partial charge on any atom is -0.387 e. The zero-order chi connectivity index (χ0) is 14.5. The molecule has 2 rings (SSSR count). The minimum absolute atomic E-state index is 0.110. The van der Waals surface area contributed by atoms with Crippen molar-refractivity contribution in [1.29, 1.82) is 0 Å². The molecule has 0 radical (unpaired) electrons. The Morgan fingerprint density at radius 3 is 2.60 bits per heavy atom. The number of amides is 1. The summed E-state index contributed by atoms with van der Waals surface area (Å²) in [5.41, 5.74) is 1.54. The van der Waals surface area contributed by atoms with E-state index in [9.17, 15) is 14.3 Å². The van der Waals surface area contributed by atoms with Crippen LogP contribution in [-0.4, -0.2) is 17.6 Å². The first-order chi connectivity index (χ1) is 9.58. The molecule has 0 aromatic heterocycles. The lowest BCUT2D eigenvalue weighted by molar-refractivity contribution is 0.0916. The van der Waals surface area contributed by atoms with Gasteiger partial charge >= 0.3 is 0 Å². The third-order valence-electron chi connectivity index (χ3n) is 3.06. The molecule has 0 aliphatic carbocycles. The highest BCUT2D eigenvalue weighted by atomic mass is 19.1. The predicted molar refractivity (Wildman–Crippen MR) is 74.9 cm³/mol. The Bertz CT molecular complexity index is 599. The maximum absolute atomic E-state index is 13.1. The molecule has 1 amide bonds. The van der Waals surface area contributed by atoms with E-state index < -0.39 is 6.10 Å². The van der Waals surface area contributed by atoms with Crippen LogP contribution < -0.4 is 5.32 Å². The number of benzene rings is 2. The van der Waals surface area contributed by atoms with E-state index in [1.165, 1.54) is 18.2 Å². The van der Waals surface area contributed by atoms with Crippen LogP contribution in [0, 0.1) is 12.7 Å². The van der Waals surface area contributed by atoms with Crippen LogP contribution in [0.2, 0.25) is 0 Å². The van der Waals surface area contributed by atoms with Crippen LogP contribution in [0.3, 0.4) is 0 Å². The first-order valence-corrected chi connectivity index (χ1v) is 6.35. The van der Waals surface area contributed by atoms with E-state index in [1.807, 2.05) is 18.2 Å². The van der Waals surface area contributed by atoms with E-state index in [-0.39, 0.29) is 18.3 Å². The summed E-state index contributed by atoms with van der Waals surface area (Å²) >= 11 is 0. The Balaban J connectivity index is 1.97. The second-order valence-electron chi connectivity index (χ2n) is 4.60. The summed E-state index contributed by atoms with van der Waals surface area (Å²) in [6, 6.07) is 13.3. The monoisotopic (exact) mass is 273 g/mol. The minimum atomic E-state index is -0.762. The molecule has 0 saturated carbocycles. The van der Waals surface area contributed by atoms with Crippen LogP contribution in [0.25, 0.3) is 0 Å². The van der Waals surface area contributed by atoms with E-state index in [0.29, 0.717) is 11.1 Å². The van der Waals surface area contributed by atoms with Gasteiger partial charge in [-0.1, -0.05) is 30.3 Å². The van der Waals surface area contributed by atoms with Crippen LogP contribution in [0.1, 0.15) is 27.6 Å². The fraction of sp³-hybridized carbons (Fsp3) is 0.188. The Labute approximate surface area is 117 Å². The highest BCUT2D eigenvalue weighted by molar-refractivity contribution is 5.94. The molecule has 0 saturated heterocycles. The molecule has 0 spiro atoms. The van der Waals surface area contributed by atoms with Gasteiger partial charge < -0.3 is 10.4 Å². The number of aryl methyl sites for hydroxylation is 1. The highest BCUT2D eigenvalue weighted by Gasteiger charge is 2.11. The molecule has 2 aromatic carbocycles. The molecular formula is C16H16FNO2. The molecule has 2 aromatic rings. The van der Waals surface area contributed by atoms with Crippen molar-refractivity contribution in [2.45, 2.75) is 13.0 Å². The number of rotatable bonds is 4. The summed E-state index contributed by atoms with van der Waals surface area (Å²) < 4.78 is 13.1. The van der Waals surface area contributed by atoms with Gasteiger partial charge in [-0.05, 0) is 36.2 Å². The molecule has 0 fully saturated rings. The number of hydrogen-bond donors (Lipinski definition) is 2. The Hall–Kier alpha value is -2.20.